The van der Waals surface area contributed by atoms with Gasteiger partial charge in [0.15, 0.2) is 0 Å². The maximum absolute atomic E-state index is 13.6. The second kappa shape index (κ2) is 7.52. The van der Waals surface area contributed by atoms with Crippen molar-refractivity contribution in [2.75, 3.05) is 10.2 Å². The van der Waals surface area contributed by atoms with Crippen LogP contribution in [0.5, 0.6) is 0 Å². The number of thioether (sulfide) groups is 1. The van der Waals surface area contributed by atoms with Gasteiger partial charge in [0, 0.05) is 0 Å². The number of hydrogen-bond donors (Lipinski definition) is 1. The number of amides is 2. The van der Waals surface area contributed by atoms with Crippen LogP contribution in [0.15, 0.2) is 53.7 Å². The molecule has 1 aliphatic heterocycles. The number of halogens is 1. The summed E-state index contributed by atoms with van der Waals surface area (Å²) in [5.74, 6) is -0.946. The smallest absolute Gasteiger partial charge is 0.250 e. The number of nitrogens with zero attached hydrogens (tertiary/aromatic N) is 5. The Hall–Kier alpha value is -3.27. The number of hydrogen-bond acceptors (Lipinski definition) is 6. The monoisotopic (exact) mass is 426 g/mol. The molecule has 1 aromatic heterocycles. The Kier molecular flexibility index (Phi) is 5.02. The molecule has 154 valence electrons. The fourth-order valence-corrected chi connectivity index (χ4v) is 4.11. The summed E-state index contributed by atoms with van der Waals surface area (Å²) < 4.78 is 15.0. The predicted octanol–water partition coefficient (Wildman–Crippen LogP) is 3.05. The van der Waals surface area contributed by atoms with Gasteiger partial charge in [0.1, 0.15) is 11.4 Å². The van der Waals surface area contributed by atoms with Crippen LogP contribution in [0.1, 0.15) is 20.8 Å². The van der Waals surface area contributed by atoms with Crippen LogP contribution in [0, 0.1) is 5.82 Å². The van der Waals surface area contributed by atoms with E-state index in [1.165, 1.54) is 21.7 Å². The van der Waals surface area contributed by atoms with Crippen molar-refractivity contribution in [3.8, 4) is 5.69 Å². The number of carbonyl (C=O) groups excluding carboxylic acids is 2. The molecular formula is C20H19FN6O2S. The molecule has 0 spiro atoms. The van der Waals surface area contributed by atoms with Gasteiger partial charge in [0.25, 0.3) is 0 Å². The summed E-state index contributed by atoms with van der Waals surface area (Å²) in [7, 11) is 0. The van der Waals surface area contributed by atoms with Crippen LogP contribution in [0.2, 0.25) is 0 Å². The van der Waals surface area contributed by atoms with E-state index in [1.54, 1.807) is 51.1 Å². The summed E-state index contributed by atoms with van der Waals surface area (Å²) >= 11 is 1.14. The van der Waals surface area contributed by atoms with Gasteiger partial charge < -0.3 is 5.32 Å². The van der Waals surface area contributed by atoms with Crippen LogP contribution in [0.4, 0.5) is 15.8 Å². The first-order valence-corrected chi connectivity index (χ1v) is 10.1. The molecule has 2 aromatic carbocycles. The molecule has 3 aromatic rings. The van der Waals surface area contributed by atoms with Gasteiger partial charge in [-0.2, -0.15) is 4.68 Å². The zero-order valence-electron chi connectivity index (χ0n) is 16.5. The number of fused-ring (bicyclic) bond motifs is 1. The topological polar surface area (TPSA) is 93.0 Å². The Balaban J connectivity index is 1.64. The highest BCUT2D eigenvalue weighted by Gasteiger charge is 2.45. The standard InChI is InChI=1S/C20H19FN6O2S/c1-12(30-19-23-24-25-27(19)14-8-6-7-13(21)11-14)17(28)26-16-10-5-4-9-15(16)22-18(29)20(26,2)3/h4-12H,1-3H3,(H,22,29). The van der Waals surface area contributed by atoms with Gasteiger partial charge in [0.2, 0.25) is 17.0 Å². The third-order valence-corrected chi connectivity index (χ3v) is 5.87. The zero-order chi connectivity index (χ0) is 21.5. The minimum Gasteiger partial charge on any atom is -0.322 e. The third kappa shape index (κ3) is 3.43. The van der Waals surface area contributed by atoms with Gasteiger partial charge in [-0.15, -0.1) is 5.10 Å². The molecule has 10 heteroatoms. The Morgan fingerprint density at radius 2 is 1.97 bits per heavy atom. The second-order valence-electron chi connectivity index (χ2n) is 7.32. The molecule has 0 bridgehead atoms. The van der Waals surface area contributed by atoms with E-state index in [1.807, 2.05) is 6.07 Å². The summed E-state index contributed by atoms with van der Waals surface area (Å²) in [5, 5.41) is 14.1. The minimum absolute atomic E-state index is 0.263. The average Bonchev–Trinajstić information content (AvgIpc) is 3.16. The van der Waals surface area contributed by atoms with E-state index >= 15 is 0 Å². The third-order valence-electron chi connectivity index (χ3n) is 4.85. The number of rotatable bonds is 4. The lowest BCUT2D eigenvalue weighted by molar-refractivity contribution is -0.126. The van der Waals surface area contributed by atoms with Crippen molar-refractivity contribution in [1.29, 1.82) is 0 Å². The molecule has 1 N–H and O–H groups in total. The Morgan fingerprint density at radius 3 is 2.73 bits per heavy atom. The van der Waals surface area contributed by atoms with Crippen molar-refractivity contribution in [1.82, 2.24) is 20.2 Å². The van der Waals surface area contributed by atoms with Crippen molar-refractivity contribution < 1.29 is 14.0 Å². The number of carbonyl (C=O) groups is 2. The van der Waals surface area contributed by atoms with Crippen LogP contribution >= 0.6 is 11.8 Å². The zero-order valence-corrected chi connectivity index (χ0v) is 17.4. The molecule has 0 saturated carbocycles. The number of anilines is 2. The molecule has 0 fully saturated rings. The van der Waals surface area contributed by atoms with Crippen molar-refractivity contribution >= 4 is 35.0 Å². The van der Waals surface area contributed by atoms with Gasteiger partial charge in [0.05, 0.1) is 22.3 Å². The molecule has 4 rings (SSSR count). The highest BCUT2D eigenvalue weighted by molar-refractivity contribution is 8.00. The summed E-state index contributed by atoms with van der Waals surface area (Å²) in [6.45, 7) is 5.12. The summed E-state index contributed by atoms with van der Waals surface area (Å²) in [5.41, 5.74) is 0.584. The van der Waals surface area contributed by atoms with Gasteiger partial charge in [-0.3, -0.25) is 14.5 Å². The summed E-state index contributed by atoms with van der Waals surface area (Å²) in [6.07, 6.45) is 0. The second-order valence-corrected chi connectivity index (χ2v) is 8.63. The van der Waals surface area contributed by atoms with Gasteiger partial charge in [-0.05, 0) is 61.5 Å². The Morgan fingerprint density at radius 1 is 1.20 bits per heavy atom. The molecule has 2 amide bonds. The SMILES string of the molecule is CC(Sc1nnnn1-c1cccc(F)c1)C(=O)N1c2ccccc2NC(=O)C1(C)C. The largest absolute Gasteiger partial charge is 0.322 e. The van der Waals surface area contributed by atoms with Crippen LogP contribution in [-0.4, -0.2) is 42.8 Å². The average molecular weight is 426 g/mol. The maximum Gasteiger partial charge on any atom is 0.250 e. The van der Waals surface area contributed by atoms with Crippen molar-refractivity contribution in [3.63, 3.8) is 0 Å². The molecule has 30 heavy (non-hydrogen) atoms. The van der Waals surface area contributed by atoms with E-state index in [9.17, 15) is 14.0 Å². The van der Waals surface area contributed by atoms with E-state index in [4.69, 9.17) is 0 Å². The Bertz CT molecular complexity index is 1130. The molecule has 1 aliphatic rings. The number of nitrogens with one attached hydrogen (secondary N) is 1. The lowest BCUT2D eigenvalue weighted by atomic mass is 9.96. The van der Waals surface area contributed by atoms with Crippen LogP contribution in [-0.2, 0) is 9.59 Å². The van der Waals surface area contributed by atoms with E-state index in [2.05, 4.69) is 20.8 Å². The first-order valence-electron chi connectivity index (χ1n) is 9.24. The molecule has 1 atom stereocenters. The normalized spacial score (nSPS) is 16.0. The van der Waals surface area contributed by atoms with Gasteiger partial charge in [-0.25, -0.2) is 4.39 Å². The molecular weight excluding hydrogens is 407 g/mol. The minimum atomic E-state index is -1.07. The number of aromatic nitrogens is 4. The molecule has 1 unspecified atom stereocenters. The fourth-order valence-electron chi connectivity index (χ4n) is 3.26. The summed E-state index contributed by atoms with van der Waals surface area (Å²) in [4.78, 5) is 27.6. The number of tetrazole rings is 1. The van der Waals surface area contributed by atoms with Crippen LogP contribution in [0.25, 0.3) is 5.69 Å². The van der Waals surface area contributed by atoms with Crippen molar-refractivity contribution in [2.24, 2.45) is 0 Å². The highest BCUT2D eigenvalue weighted by Crippen LogP contribution is 2.38. The Labute approximate surface area is 176 Å². The van der Waals surface area contributed by atoms with E-state index in [0.29, 0.717) is 22.2 Å². The first kappa shape index (κ1) is 20.0. The summed E-state index contributed by atoms with van der Waals surface area (Å²) in [6, 6.07) is 13.0. The van der Waals surface area contributed by atoms with Gasteiger partial charge >= 0.3 is 0 Å². The van der Waals surface area contributed by atoms with E-state index in [-0.39, 0.29) is 11.8 Å². The molecule has 0 aliphatic carbocycles. The van der Waals surface area contributed by atoms with E-state index in [0.717, 1.165) is 11.8 Å². The van der Waals surface area contributed by atoms with Gasteiger partial charge in [-0.1, -0.05) is 30.0 Å². The highest BCUT2D eigenvalue weighted by atomic mass is 32.2. The van der Waals surface area contributed by atoms with Crippen LogP contribution in [0.3, 0.4) is 0 Å². The maximum atomic E-state index is 13.6. The molecule has 2 heterocycles. The van der Waals surface area contributed by atoms with Crippen molar-refractivity contribution in [2.45, 2.75) is 36.7 Å². The lowest BCUT2D eigenvalue weighted by Crippen LogP contribution is -2.60. The molecule has 0 saturated heterocycles. The molecule has 8 nitrogen and oxygen atoms in total. The van der Waals surface area contributed by atoms with E-state index < -0.39 is 16.6 Å². The number of benzene rings is 2. The van der Waals surface area contributed by atoms with Crippen molar-refractivity contribution in [3.05, 3.63) is 54.3 Å². The first-order chi connectivity index (χ1) is 14.3. The molecule has 0 radical (unpaired) electrons. The number of para-hydroxylation sites is 2. The quantitative estimate of drug-likeness (QED) is 0.645. The van der Waals surface area contributed by atoms with Crippen LogP contribution < -0.4 is 10.2 Å². The fraction of sp³-hybridized carbons (Fsp3) is 0.250. The lowest BCUT2D eigenvalue weighted by Gasteiger charge is -2.42. The predicted molar refractivity (Wildman–Crippen MR) is 111 cm³/mol.